The lowest BCUT2D eigenvalue weighted by Gasteiger charge is -2.04. The van der Waals surface area contributed by atoms with Crippen molar-refractivity contribution in [1.29, 1.82) is 0 Å². The van der Waals surface area contributed by atoms with E-state index in [-0.39, 0.29) is 22.9 Å². The summed E-state index contributed by atoms with van der Waals surface area (Å²) in [6.07, 6.45) is 1.76. The van der Waals surface area contributed by atoms with Crippen molar-refractivity contribution >= 4 is 29.2 Å². The number of rotatable bonds is 5. The van der Waals surface area contributed by atoms with E-state index >= 15 is 0 Å². The summed E-state index contributed by atoms with van der Waals surface area (Å²) in [4.78, 5) is 25.9. The van der Waals surface area contributed by atoms with E-state index < -0.39 is 4.92 Å². The summed E-state index contributed by atoms with van der Waals surface area (Å²) in [6, 6.07) is 9.38. The van der Waals surface area contributed by atoms with Gasteiger partial charge < -0.3 is 10.4 Å². The predicted octanol–water partition coefficient (Wildman–Crippen LogP) is 3.71. The Bertz CT molecular complexity index is 798. The minimum Gasteiger partial charge on any atom is -0.507 e. The lowest BCUT2D eigenvalue weighted by atomic mass is 10.1. The second-order valence-electron chi connectivity index (χ2n) is 5.16. The summed E-state index contributed by atoms with van der Waals surface area (Å²) >= 11 is 0. The number of nitro groups is 1. The van der Waals surface area contributed by atoms with Gasteiger partial charge in [0.15, 0.2) is 0 Å². The summed E-state index contributed by atoms with van der Waals surface area (Å²) in [5.74, 6) is -0.126. The van der Waals surface area contributed by atoms with Gasteiger partial charge in [-0.25, -0.2) is 0 Å². The highest BCUT2D eigenvalue weighted by atomic mass is 16.6. The van der Waals surface area contributed by atoms with Crippen LogP contribution in [0.5, 0.6) is 5.75 Å². The fourth-order valence-corrected chi connectivity index (χ4v) is 2.02. The van der Waals surface area contributed by atoms with Crippen LogP contribution in [0.25, 0.3) is 0 Å². The number of aliphatic imine (C=N–C) groups is 1. The van der Waals surface area contributed by atoms with Crippen LogP contribution in [0.1, 0.15) is 24.5 Å². The van der Waals surface area contributed by atoms with Gasteiger partial charge in [0.05, 0.1) is 10.6 Å². The van der Waals surface area contributed by atoms with Crippen molar-refractivity contribution in [3.8, 4) is 5.75 Å². The number of carbonyl (C=O) groups is 1. The zero-order chi connectivity index (χ0) is 17.7. The van der Waals surface area contributed by atoms with E-state index in [9.17, 15) is 20.0 Å². The number of benzene rings is 2. The lowest BCUT2D eigenvalue weighted by molar-refractivity contribution is -0.384. The Morgan fingerprint density at radius 2 is 2.00 bits per heavy atom. The van der Waals surface area contributed by atoms with E-state index in [0.717, 1.165) is 0 Å². The molecule has 1 amide bonds. The van der Waals surface area contributed by atoms with Gasteiger partial charge in [0.1, 0.15) is 5.75 Å². The van der Waals surface area contributed by atoms with Crippen LogP contribution in [0.3, 0.4) is 0 Å². The number of aromatic hydroxyl groups is 1. The van der Waals surface area contributed by atoms with Gasteiger partial charge in [-0.3, -0.25) is 19.9 Å². The molecule has 7 heteroatoms. The summed E-state index contributed by atoms with van der Waals surface area (Å²) in [7, 11) is 0. The molecule has 0 unspecified atom stereocenters. The molecule has 2 aromatic carbocycles. The van der Waals surface area contributed by atoms with Gasteiger partial charge in [-0.1, -0.05) is 6.92 Å². The van der Waals surface area contributed by atoms with Gasteiger partial charge in [-0.2, -0.15) is 0 Å². The van der Waals surface area contributed by atoms with Gasteiger partial charge in [-0.05, 0) is 36.8 Å². The van der Waals surface area contributed by atoms with Gasteiger partial charge in [-0.15, -0.1) is 0 Å². The first kappa shape index (κ1) is 17.1. The summed E-state index contributed by atoms with van der Waals surface area (Å²) in [6.45, 7) is 3.35. The molecule has 0 aliphatic rings. The number of phenolic OH excluding ortho intramolecular Hbond substituents is 1. The number of carbonyl (C=O) groups excluding carboxylic acids is 1. The molecule has 0 saturated heterocycles. The maximum atomic E-state index is 11.3. The maximum absolute atomic E-state index is 11.3. The molecule has 0 atom stereocenters. The van der Waals surface area contributed by atoms with Crippen LogP contribution in [-0.4, -0.2) is 22.2 Å². The van der Waals surface area contributed by atoms with Crippen molar-refractivity contribution in [2.45, 2.75) is 20.3 Å². The molecule has 0 radical (unpaired) electrons. The first-order chi connectivity index (χ1) is 11.4. The van der Waals surface area contributed by atoms with Crippen LogP contribution in [0.2, 0.25) is 0 Å². The van der Waals surface area contributed by atoms with Crippen molar-refractivity contribution in [3.63, 3.8) is 0 Å². The topological polar surface area (TPSA) is 105 Å². The summed E-state index contributed by atoms with van der Waals surface area (Å²) in [5, 5.41) is 23.6. The van der Waals surface area contributed by atoms with E-state index in [0.29, 0.717) is 23.4 Å². The number of nitrogens with one attached hydrogen (secondary N) is 1. The van der Waals surface area contributed by atoms with Crippen molar-refractivity contribution in [3.05, 3.63) is 57.6 Å². The molecule has 0 saturated carbocycles. The highest BCUT2D eigenvalue weighted by molar-refractivity contribution is 5.91. The normalized spacial score (nSPS) is 10.8. The van der Waals surface area contributed by atoms with Gasteiger partial charge in [0.25, 0.3) is 5.69 Å². The van der Waals surface area contributed by atoms with Crippen molar-refractivity contribution in [2.75, 3.05) is 5.32 Å². The smallest absolute Gasteiger partial charge is 0.270 e. The molecule has 0 heterocycles. The quantitative estimate of drug-likeness (QED) is 0.496. The largest absolute Gasteiger partial charge is 0.507 e. The predicted molar refractivity (Wildman–Crippen MR) is 92.1 cm³/mol. The third-order valence-electron chi connectivity index (χ3n) is 3.35. The lowest BCUT2D eigenvalue weighted by Crippen LogP contribution is -2.08. The minimum atomic E-state index is -0.519. The Morgan fingerprint density at radius 3 is 2.58 bits per heavy atom. The molecule has 2 rings (SSSR count). The van der Waals surface area contributed by atoms with Gasteiger partial charge in [0.2, 0.25) is 5.91 Å². The molecule has 0 aromatic heterocycles. The molecule has 0 bridgehead atoms. The van der Waals surface area contributed by atoms with Crippen molar-refractivity contribution in [2.24, 2.45) is 4.99 Å². The first-order valence-corrected chi connectivity index (χ1v) is 7.32. The fraction of sp³-hybridized carbons (Fsp3) is 0.176. The van der Waals surface area contributed by atoms with E-state index in [1.54, 1.807) is 38.1 Å². The Hall–Kier alpha value is -3.22. The monoisotopic (exact) mass is 327 g/mol. The van der Waals surface area contributed by atoms with E-state index in [4.69, 9.17) is 0 Å². The third kappa shape index (κ3) is 4.16. The number of amides is 1. The molecule has 2 N–H and O–H groups in total. The number of hydrogen-bond acceptors (Lipinski definition) is 5. The average Bonchev–Trinajstić information content (AvgIpc) is 2.57. The maximum Gasteiger partial charge on any atom is 0.270 e. The third-order valence-corrected chi connectivity index (χ3v) is 3.35. The molecule has 7 nitrogen and oxygen atoms in total. The molecule has 0 aliphatic heterocycles. The minimum absolute atomic E-state index is 0.0452. The SMILES string of the molecule is CCC(=O)Nc1ccc(N=Cc2cc([N+](=O)[O-])cc(C)c2O)cc1. The molecule has 0 spiro atoms. The van der Waals surface area contributed by atoms with Crippen molar-refractivity contribution < 1.29 is 14.8 Å². The molecule has 124 valence electrons. The van der Waals surface area contributed by atoms with E-state index in [1.807, 2.05) is 0 Å². The Morgan fingerprint density at radius 1 is 1.33 bits per heavy atom. The van der Waals surface area contributed by atoms with Crippen LogP contribution in [0.15, 0.2) is 41.4 Å². The molecule has 0 fully saturated rings. The van der Waals surface area contributed by atoms with Crippen LogP contribution in [0.4, 0.5) is 17.1 Å². The number of nitro benzene ring substituents is 1. The number of hydrogen-bond donors (Lipinski definition) is 2. The molecule has 2 aromatic rings. The molecule has 0 aliphatic carbocycles. The van der Waals surface area contributed by atoms with Crippen molar-refractivity contribution in [1.82, 2.24) is 0 Å². The van der Waals surface area contributed by atoms with Gasteiger partial charge in [0, 0.05) is 36.0 Å². The van der Waals surface area contributed by atoms with E-state index in [2.05, 4.69) is 10.3 Å². The number of non-ortho nitro benzene ring substituents is 1. The number of anilines is 1. The Balaban J connectivity index is 2.22. The highest BCUT2D eigenvalue weighted by Gasteiger charge is 2.12. The standard InChI is InChI=1S/C17H17N3O4/c1-3-16(21)19-14-6-4-13(5-7-14)18-10-12-9-15(20(23)24)8-11(2)17(12)22/h4-10,22H,3H2,1-2H3,(H,19,21). The van der Waals surface area contributed by atoms with Crippen LogP contribution in [0, 0.1) is 17.0 Å². The second-order valence-corrected chi connectivity index (χ2v) is 5.16. The second kappa shape index (κ2) is 7.36. The van der Waals surface area contributed by atoms with E-state index in [1.165, 1.54) is 18.3 Å². The fourth-order valence-electron chi connectivity index (χ4n) is 2.02. The van der Waals surface area contributed by atoms with Crippen LogP contribution < -0.4 is 5.32 Å². The molecule has 24 heavy (non-hydrogen) atoms. The first-order valence-electron chi connectivity index (χ1n) is 7.32. The molecular formula is C17H17N3O4. The average molecular weight is 327 g/mol. The summed E-state index contributed by atoms with van der Waals surface area (Å²) in [5.41, 5.74) is 1.82. The number of aryl methyl sites for hydroxylation is 1. The van der Waals surface area contributed by atoms with Gasteiger partial charge >= 0.3 is 0 Å². The summed E-state index contributed by atoms with van der Waals surface area (Å²) < 4.78 is 0. The van der Waals surface area contributed by atoms with Crippen LogP contribution in [-0.2, 0) is 4.79 Å². The molecular weight excluding hydrogens is 310 g/mol. The van der Waals surface area contributed by atoms with Crippen LogP contribution >= 0.6 is 0 Å². The highest BCUT2D eigenvalue weighted by Crippen LogP contribution is 2.27. The zero-order valence-corrected chi connectivity index (χ0v) is 13.3. The zero-order valence-electron chi connectivity index (χ0n) is 13.3. The Labute approximate surface area is 138 Å². The Kier molecular flexibility index (Phi) is 5.26. The number of phenols is 1. The number of nitrogens with zero attached hydrogens (tertiary/aromatic N) is 2.